The smallest absolute Gasteiger partial charge is 0.224 e. The highest BCUT2D eigenvalue weighted by molar-refractivity contribution is 8.77. The van der Waals surface area contributed by atoms with E-state index in [1.54, 1.807) is 0 Å². The minimum atomic E-state index is 0.140. The van der Waals surface area contributed by atoms with E-state index in [9.17, 15) is 4.79 Å². The van der Waals surface area contributed by atoms with Crippen LogP contribution in [0.4, 0.5) is 5.69 Å². The third-order valence-electron chi connectivity index (χ3n) is 3.77. The average Bonchev–Trinajstić information content (AvgIpc) is 2.97. The molecule has 1 aliphatic rings. The molecule has 21 heavy (non-hydrogen) atoms. The summed E-state index contributed by atoms with van der Waals surface area (Å²) < 4.78 is 0. The summed E-state index contributed by atoms with van der Waals surface area (Å²) in [5.41, 5.74) is 2.21. The average molecular weight is 324 g/mol. The third-order valence-corrected chi connectivity index (χ3v) is 6.78. The van der Waals surface area contributed by atoms with Gasteiger partial charge in [-0.15, -0.1) is 0 Å². The van der Waals surface area contributed by atoms with E-state index in [1.165, 1.54) is 24.2 Å². The van der Waals surface area contributed by atoms with Crippen LogP contribution in [0.1, 0.15) is 57.4 Å². The highest BCUT2D eigenvalue weighted by Gasteiger charge is 2.15. The largest absolute Gasteiger partial charge is 0.326 e. The molecule has 1 aromatic carbocycles. The molecule has 1 amide bonds. The van der Waals surface area contributed by atoms with Gasteiger partial charge in [-0.25, -0.2) is 0 Å². The van der Waals surface area contributed by atoms with Crippen LogP contribution in [0.25, 0.3) is 0 Å². The summed E-state index contributed by atoms with van der Waals surface area (Å²) in [6.07, 6.45) is 5.39. The molecule has 116 valence electrons. The molecule has 1 saturated heterocycles. The van der Waals surface area contributed by atoms with Crippen molar-refractivity contribution in [3.05, 3.63) is 29.8 Å². The van der Waals surface area contributed by atoms with Crippen molar-refractivity contribution < 1.29 is 4.79 Å². The van der Waals surface area contributed by atoms with Gasteiger partial charge in [0, 0.05) is 23.1 Å². The monoisotopic (exact) mass is 323 g/mol. The zero-order valence-corrected chi connectivity index (χ0v) is 14.6. The normalized spacial score (nSPS) is 18.1. The summed E-state index contributed by atoms with van der Waals surface area (Å²) in [5.74, 6) is 1.96. The molecule has 0 aromatic heterocycles. The molecule has 1 fully saturated rings. The van der Waals surface area contributed by atoms with E-state index in [2.05, 4.69) is 31.3 Å². The minimum absolute atomic E-state index is 0.140. The Labute approximate surface area is 136 Å². The van der Waals surface area contributed by atoms with Crippen molar-refractivity contribution in [1.82, 2.24) is 0 Å². The molecule has 1 aromatic rings. The summed E-state index contributed by atoms with van der Waals surface area (Å²) in [5, 5.41) is 3.81. The number of hydrogen-bond donors (Lipinski definition) is 1. The predicted octanol–water partition coefficient (Wildman–Crippen LogP) is 5.46. The second-order valence-electron chi connectivity index (χ2n) is 5.90. The molecule has 0 saturated carbocycles. The van der Waals surface area contributed by atoms with Gasteiger partial charge in [0.05, 0.1) is 0 Å². The van der Waals surface area contributed by atoms with Gasteiger partial charge in [-0.05, 0) is 42.9 Å². The summed E-state index contributed by atoms with van der Waals surface area (Å²) in [7, 11) is 4.01. The molecule has 0 aliphatic carbocycles. The van der Waals surface area contributed by atoms with E-state index in [4.69, 9.17) is 0 Å². The first kappa shape index (κ1) is 16.8. The number of carbonyl (C=O) groups excluding carboxylic acids is 1. The fourth-order valence-electron chi connectivity index (χ4n) is 2.40. The maximum absolute atomic E-state index is 11.9. The Bertz CT molecular complexity index is 439. The third kappa shape index (κ3) is 5.95. The molecule has 0 spiro atoms. The second-order valence-corrected chi connectivity index (χ2v) is 8.69. The number of benzene rings is 1. The summed E-state index contributed by atoms with van der Waals surface area (Å²) in [6, 6.07) is 8.18. The number of rotatable bonds is 7. The standard InChI is InChI=1S/C17H25NOS2/c1-13(2)14-7-9-15(10-8-14)18-17(19)6-4-3-5-16-11-12-20-21-16/h7-10,13,16H,3-6,11-12H2,1-2H3,(H,18,19)/t16-/m1/s1. The van der Waals surface area contributed by atoms with Gasteiger partial charge in [0.1, 0.15) is 0 Å². The Morgan fingerprint density at radius 1 is 1.29 bits per heavy atom. The molecule has 1 heterocycles. The Morgan fingerprint density at radius 3 is 2.67 bits per heavy atom. The molecule has 0 radical (unpaired) electrons. The summed E-state index contributed by atoms with van der Waals surface area (Å²) >= 11 is 0. The molecular formula is C17H25NOS2. The number of carbonyl (C=O) groups is 1. The Kier molecular flexibility index (Phi) is 6.97. The molecule has 1 atom stereocenters. The Balaban J connectivity index is 1.64. The molecule has 1 aliphatic heterocycles. The molecule has 1 N–H and O–H groups in total. The summed E-state index contributed by atoms with van der Waals surface area (Å²) in [6.45, 7) is 4.35. The van der Waals surface area contributed by atoms with Gasteiger partial charge in [-0.3, -0.25) is 4.79 Å². The molecule has 0 unspecified atom stereocenters. The van der Waals surface area contributed by atoms with Crippen LogP contribution in [0, 0.1) is 0 Å². The number of unbranched alkanes of at least 4 members (excludes halogenated alkanes) is 1. The zero-order valence-electron chi connectivity index (χ0n) is 12.9. The first-order valence-corrected chi connectivity index (χ1v) is 10.2. The molecular weight excluding hydrogens is 298 g/mol. The molecule has 2 nitrogen and oxygen atoms in total. The van der Waals surface area contributed by atoms with Crippen molar-refractivity contribution >= 4 is 33.2 Å². The first-order valence-electron chi connectivity index (χ1n) is 7.83. The van der Waals surface area contributed by atoms with Crippen LogP contribution in [-0.2, 0) is 4.79 Å². The summed E-state index contributed by atoms with van der Waals surface area (Å²) in [4.78, 5) is 11.9. The van der Waals surface area contributed by atoms with Crippen LogP contribution in [0.3, 0.4) is 0 Å². The number of nitrogens with one attached hydrogen (secondary N) is 1. The van der Waals surface area contributed by atoms with E-state index in [-0.39, 0.29) is 5.91 Å². The van der Waals surface area contributed by atoms with Crippen LogP contribution in [0.5, 0.6) is 0 Å². The van der Waals surface area contributed by atoms with Crippen LogP contribution >= 0.6 is 21.6 Å². The van der Waals surface area contributed by atoms with E-state index in [1.807, 2.05) is 33.7 Å². The fraction of sp³-hybridized carbons (Fsp3) is 0.588. The molecule has 0 bridgehead atoms. The minimum Gasteiger partial charge on any atom is -0.326 e. The lowest BCUT2D eigenvalue weighted by molar-refractivity contribution is -0.116. The number of amides is 1. The van der Waals surface area contributed by atoms with Gasteiger partial charge in [-0.2, -0.15) is 0 Å². The van der Waals surface area contributed by atoms with Crippen molar-refractivity contribution in [2.24, 2.45) is 0 Å². The SMILES string of the molecule is CC(C)c1ccc(NC(=O)CCCC[C@@H]2CCSS2)cc1. The highest BCUT2D eigenvalue weighted by atomic mass is 33.1. The second kappa shape index (κ2) is 8.74. The van der Waals surface area contributed by atoms with Crippen LogP contribution in [0.15, 0.2) is 24.3 Å². The van der Waals surface area contributed by atoms with Crippen LogP contribution in [-0.4, -0.2) is 16.9 Å². The van der Waals surface area contributed by atoms with Crippen LogP contribution in [0.2, 0.25) is 0 Å². The van der Waals surface area contributed by atoms with Gasteiger partial charge in [0.25, 0.3) is 0 Å². The number of hydrogen-bond acceptors (Lipinski definition) is 3. The zero-order chi connectivity index (χ0) is 15.1. The topological polar surface area (TPSA) is 29.1 Å². The van der Waals surface area contributed by atoms with Crippen molar-refractivity contribution in [3.8, 4) is 0 Å². The maximum atomic E-state index is 11.9. The van der Waals surface area contributed by atoms with Gasteiger partial charge in [-0.1, -0.05) is 54.0 Å². The van der Waals surface area contributed by atoms with Gasteiger partial charge < -0.3 is 5.32 Å². The first-order chi connectivity index (χ1) is 10.1. The Morgan fingerprint density at radius 2 is 2.05 bits per heavy atom. The van der Waals surface area contributed by atoms with E-state index >= 15 is 0 Å². The molecule has 2 rings (SSSR count). The van der Waals surface area contributed by atoms with Gasteiger partial charge in [0.15, 0.2) is 0 Å². The fourth-order valence-corrected chi connectivity index (χ4v) is 5.42. The van der Waals surface area contributed by atoms with E-state index in [0.29, 0.717) is 12.3 Å². The number of anilines is 1. The van der Waals surface area contributed by atoms with Gasteiger partial charge in [0.2, 0.25) is 5.91 Å². The maximum Gasteiger partial charge on any atom is 0.224 e. The quantitative estimate of drug-likeness (QED) is 0.533. The lowest BCUT2D eigenvalue weighted by Crippen LogP contribution is -2.11. The highest BCUT2D eigenvalue weighted by Crippen LogP contribution is 2.39. The van der Waals surface area contributed by atoms with Crippen molar-refractivity contribution in [3.63, 3.8) is 0 Å². The van der Waals surface area contributed by atoms with E-state index in [0.717, 1.165) is 23.8 Å². The van der Waals surface area contributed by atoms with Crippen molar-refractivity contribution in [1.29, 1.82) is 0 Å². The Hall–Kier alpha value is -0.610. The van der Waals surface area contributed by atoms with Crippen molar-refractivity contribution in [2.75, 3.05) is 11.1 Å². The lowest BCUT2D eigenvalue weighted by Gasteiger charge is -2.09. The molecule has 4 heteroatoms. The van der Waals surface area contributed by atoms with Crippen molar-refractivity contribution in [2.45, 2.75) is 57.1 Å². The van der Waals surface area contributed by atoms with Gasteiger partial charge >= 0.3 is 0 Å². The van der Waals surface area contributed by atoms with Crippen LogP contribution < -0.4 is 5.32 Å². The predicted molar refractivity (Wildman–Crippen MR) is 96.1 cm³/mol. The van der Waals surface area contributed by atoms with E-state index < -0.39 is 0 Å². The lowest BCUT2D eigenvalue weighted by atomic mass is 10.0.